The van der Waals surface area contributed by atoms with Gasteiger partial charge in [0.15, 0.2) is 11.6 Å². The molecule has 0 bridgehead atoms. The third-order valence-electron chi connectivity index (χ3n) is 5.79. The number of carbonyl (C=O) groups excluding carboxylic acids is 2. The molecule has 0 aliphatic heterocycles. The van der Waals surface area contributed by atoms with Gasteiger partial charge in [0.25, 0.3) is 0 Å². The zero-order valence-electron chi connectivity index (χ0n) is 22.2. The molecule has 0 atom stereocenters. The first-order chi connectivity index (χ1) is 19.0. The Kier molecular flexibility index (Phi) is 11.8. The van der Waals surface area contributed by atoms with Gasteiger partial charge in [0.05, 0.1) is 18.8 Å². The van der Waals surface area contributed by atoms with E-state index in [-0.39, 0.29) is 11.3 Å². The van der Waals surface area contributed by atoms with Crippen molar-refractivity contribution in [2.45, 2.75) is 45.4 Å². The van der Waals surface area contributed by atoms with Crippen molar-refractivity contribution < 1.29 is 28.2 Å². The second-order valence-corrected chi connectivity index (χ2v) is 8.89. The number of halogens is 1. The van der Waals surface area contributed by atoms with Crippen LogP contribution in [-0.2, 0) is 16.0 Å². The highest BCUT2D eigenvalue weighted by atomic mass is 19.1. The molecule has 0 heterocycles. The van der Waals surface area contributed by atoms with E-state index in [2.05, 4.69) is 25.3 Å². The van der Waals surface area contributed by atoms with E-state index in [4.69, 9.17) is 14.2 Å². The summed E-state index contributed by atoms with van der Waals surface area (Å²) in [6.45, 7) is 6.41. The van der Waals surface area contributed by atoms with Gasteiger partial charge >= 0.3 is 11.9 Å². The number of hydrogen-bond acceptors (Lipinski definition) is 5. The minimum absolute atomic E-state index is 0.158. The summed E-state index contributed by atoms with van der Waals surface area (Å²) in [5.74, 6) is 4.71. The monoisotopic (exact) mass is 528 g/mol. The van der Waals surface area contributed by atoms with E-state index in [1.54, 1.807) is 30.3 Å². The quantitative estimate of drug-likeness (QED) is 0.0781. The fourth-order valence-electron chi connectivity index (χ4n) is 3.67. The highest BCUT2D eigenvalue weighted by Gasteiger charge is 2.12. The van der Waals surface area contributed by atoms with Crippen LogP contribution in [0.1, 0.15) is 66.1 Å². The molecular weight excluding hydrogens is 495 g/mol. The standard InChI is InChI=1S/C33H33FO5/c1-3-9-25-10-12-26(13-11-25)14-15-27-16-21-31(30(34)24-27)39-33(36)28-17-19-29(20-18-28)37-22-7-5-6-8-23-38-32(35)4-2/h4,10-13,16-21,24H,2-3,5-9,22-23H2,1H3. The van der Waals surface area contributed by atoms with Crippen molar-refractivity contribution in [3.8, 4) is 23.3 Å². The molecule has 0 saturated carbocycles. The lowest BCUT2D eigenvalue weighted by molar-refractivity contribution is -0.137. The summed E-state index contributed by atoms with van der Waals surface area (Å²) in [5.41, 5.74) is 2.88. The Balaban J connectivity index is 1.43. The summed E-state index contributed by atoms with van der Waals surface area (Å²) in [7, 11) is 0. The average molecular weight is 529 g/mol. The van der Waals surface area contributed by atoms with Crippen LogP contribution in [0.2, 0.25) is 0 Å². The molecule has 5 nitrogen and oxygen atoms in total. The van der Waals surface area contributed by atoms with Crippen LogP contribution in [0.4, 0.5) is 4.39 Å². The van der Waals surface area contributed by atoms with E-state index in [0.29, 0.717) is 24.5 Å². The van der Waals surface area contributed by atoms with Gasteiger partial charge in [0, 0.05) is 17.2 Å². The molecule has 0 unspecified atom stereocenters. The van der Waals surface area contributed by atoms with Gasteiger partial charge < -0.3 is 14.2 Å². The molecule has 0 amide bonds. The van der Waals surface area contributed by atoms with E-state index in [9.17, 15) is 14.0 Å². The number of unbranched alkanes of at least 4 members (excludes halogenated alkanes) is 3. The lowest BCUT2D eigenvalue weighted by atomic mass is 10.1. The van der Waals surface area contributed by atoms with Gasteiger partial charge in [0.1, 0.15) is 5.75 Å². The molecule has 0 radical (unpaired) electrons. The molecule has 39 heavy (non-hydrogen) atoms. The maximum absolute atomic E-state index is 14.6. The van der Waals surface area contributed by atoms with Gasteiger partial charge in [-0.05, 0) is 92.3 Å². The number of rotatable bonds is 13. The Hall–Kier alpha value is -4.37. The summed E-state index contributed by atoms with van der Waals surface area (Å²) in [6, 6.07) is 18.8. The minimum atomic E-state index is -0.663. The van der Waals surface area contributed by atoms with Crippen LogP contribution in [-0.4, -0.2) is 25.2 Å². The number of ether oxygens (including phenoxy) is 3. The van der Waals surface area contributed by atoms with Crippen molar-refractivity contribution in [1.82, 2.24) is 0 Å². The Labute approximate surface area is 229 Å². The van der Waals surface area contributed by atoms with Crippen molar-refractivity contribution in [3.63, 3.8) is 0 Å². The van der Waals surface area contributed by atoms with E-state index in [0.717, 1.165) is 50.2 Å². The van der Waals surface area contributed by atoms with Crippen LogP contribution in [0.3, 0.4) is 0 Å². The van der Waals surface area contributed by atoms with Crippen molar-refractivity contribution in [2.75, 3.05) is 13.2 Å². The SMILES string of the molecule is C=CC(=O)OCCCCCCOc1ccc(C(=O)Oc2ccc(C#Cc3ccc(CCC)cc3)cc2F)cc1. The van der Waals surface area contributed by atoms with E-state index in [1.807, 2.05) is 24.3 Å². The largest absolute Gasteiger partial charge is 0.494 e. The summed E-state index contributed by atoms with van der Waals surface area (Å²) >= 11 is 0. The van der Waals surface area contributed by atoms with Crippen LogP contribution in [0.15, 0.2) is 79.4 Å². The van der Waals surface area contributed by atoms with Crippen molar-refractivity contribution in [1.29, 1.82) is 0 Å². The molecule has 202 valence electrons. The third-order valence-corrected chi connectivity index (χ3v) is 5.79. The molecular formula is C33H33FO5. The average Bonchev–Trinajstić information content (AvgIpc) is 2.95. The van der Waals surface area contributed by atoms with Gasteiger partial charge in [-0.1, -0.05) is 43.9 Å². The van der Waals surface area contributed by atoms with Gasteiger partial charge in [-0.3, -0.25) is 0 Å². The van der Waals surface area contributed by atoms with Crippen molar-refractivity contribution in [2.24, 2.45) is 0 Å². The topological polar surface area (TPSA) is 61.8 Å². The highest BCUT2D eigenvalue weighted by Crippen LogP contribution is 2.21. The Bertz CT molecular complexity index is 1300. The molecule has 0 aromatic heterocycles. The summed E-state index contributed by atoms with van der Waals surface area (Å²) in [4.78, 5) is 23.5. The molecule has 3 aromatic carbocycles. The molecule has 0 N–H and O–H groups in total. The minimum Gasteiger partial charge on any atom is -0.494 e. The lowest BCUT2D eigenvalue weighted by Crippen LogP contribution is -2.09. The maximum atomic E-state index is 14.6. The summed E-state index contributed by atoms with van der Waals surface area (Å²) < 4.78 is 30.5. The van der Waals surface area contributed by atoms with Crippen LogP contribution < -0.4 is 9.47 Å². The second-order valence-electron chi connectivity index (χ2n) is 8.89. The normalized spacial score (nSPS) is 10.2. The first-order valence-electron chi connectivity index (χ1n) is 13.1. The van der Waals surface area contributed by atoms with Gasteiger partial charge in [-0.2, -0.15) is 0 Å². The van der Waals surface area contributed by atoms with E-state index in [1.165, 1.54) is 17.7 Å². The fraction of sp³-hybridized carbons (Fsp3) is 0.273. The van der Waals surface area contributed by atoms with Crippen LogP contribution in [0.5, 0.6) is 11.5 Å². The van der Waals surface area contributed by atoms with Gasteiger partial charge in [-0.25, -0.2) is 14.0 Å². The zero-order valence-corrected chi connectivity index (χ0v) is 22.2. The summed E-state index contributed by atoms with van der Waals surface area (Å²) in [5, 5.41) is 0. The Morgan fingerprint density at radius 2 is 1.54 bits per heavy atom. The molecule has 3 aromatic rings. The molecule has 0 aliphatic rings. The number of hydrogen-bond donors (Lipinski definition) is 0. The van der Waals surface area contributed by atoms with Crippen LogP contribution in [0.25, 0.3) is 0 Å². The number of benzene rings is 3. The number of esters is 2. The summed E-state index contributed by atoms with van der Waals surface area (Å²) in [6.07, 6.45) is 6.78. The van der Waals surface area contributed by atoms with Gasteiger partial charge in [-0.15, -0.1) is 0 Å². The smallest absolute Gasteiger partial charge is 0.343 e. The van der Waals surface area contributed by atoms with Gasteiger partial charge in [0.2, 0.25) is 0 Å². The third kappa shape index (κ3) is 10.1. The van der Waals surface area contributed by atoms with E-state index >= 15 is 0 Å². The van der Waals surface area contributed by atoms with Crippen LogP contribution in [0, 0.1) is 17.7 Å². The molecule has 0 fully saturated rings. The second kappa shape index (κ2) is 15.8. The predicted octanol–water partition coefficient (Wildman–Crippen LogP) is 7.07. The lowest BCUT2D eigenvalue weighted by Gasteiger charge is -2.08. The molecule has 0 spiro atoms. The maximum Gasteiger partial charge on any atom is 0.343 e. The zero-order chi connectivity index (χ0) is 27.9. The first kappa shape index (κ1) is 29.2. The van der Waals surface area contributed by atoms with E-state index < -0.39 is 17.8 Å². The van der Waals surface area contributed by atoms with Crippen LogP contribution >= 0.6 is 0 Å². The Morgan fingerprint density at radius 1 is 0.872 bits per heavy atom. The fourth-order valence-corrected chi connectivity index (χ4v) is 3.67. The molecule has 0 aliphatic carbocycles. The Morgan fingerprint density at radius 3 is 2.21 bits per heavy atom. The molecule has 6 heteroatoms. The predicted molar refractivity (Wildman–Crippen MR) is 149 cm³/mol. The van der Waals surface area contributed by atoms with Crippen molar-refractivity contribution >= 4 is 11.9 Å². The molecule has 0 saturated heterocycles. The highest BCUT2D eigenvalue weighted by molar-refractivity contribution is 5.91. The first-order valence-corrected chi connectivity index (χ1v) is 13.1. The number of aryl methyl sites for hydroxylation is 1. The van der Waals surface area contributed by atoms with Crippen molar-refractivity contribution in [3.05, 3.63) is 107 Å². The molecule has 3 rings (SSSR count). The number of carbonyl (C=O) groups is 2.